The lowest BCUT2D eigenvalue weighted by molar-refractivity contribution is 0.204. The maximum absolute atomic E-state index is 13.7. The van der Waals surface area contributed by atoms with Gasteiger partial charge < -0.3 is 5.11 Å². The minimum Gasteiger partial charge on any atom is -0.388 e. The zero-order valence-corrected chi connectivity index (χ0v) is 13.5. The molecule has 2 aromatic carbocycles. The van der Waals surface area contributed by atoms with Gasteiger partial charge in [0.05, 0.1) is 11.7 Å². The maximum Gasteiger partial charge on any atom is 0.208 e. The summed E-state index contributed by atoms with van der Waals surface area (Å²) in [5, 5.41) is 18.0. The summed E-state index contributed by atoms with van der Waals surface area (Å²) in [6, 6.07) is 13.4. The van der Waals surface area contributed by atoms with Crippen molar-refractivity contribution >= 4 is 23.4 Å². The van der Waals surface area contributed by atoms with Crippen molar-refractivity contribution in [2.75, 3.05) is 5.75 Å². The average molecular weight is 350 g/mol. The van der Waals surface area contributed by atoms with Crippen molar-refractivity contribution < 1.29 is 9.50 Å². The molecule has 0 aliphatic carbocycles. The predicted molar refractivity (Wildman–Crippen MR) is 88.9 cm³/mol. The van der Waals surface area contributed by atoms with E-state index in [2.05, 4.69) is 15.2 Å². The molecule has 2 N–H and O–H groups in total. The Hall–Kier alpha value is -1.89. The number of aliphatic hydroxyl groups is 1. The Bertz CT molecular complexity index is 794. The van der Waals surface area contributed by atoms with Crippen molar-refractivity contribution in [3.63, 3.8) is 0 Å². The molecule has 7 heteroatoms. The van der Waals surface area contributed by atoms with Crippen LogP contribution in [0.15, 0.2) is 53.7 Å². The predicted octanol–water partition coefficient (Wildman–Crippen LogP) is 4.09. The third-order valence-corrected chi connectivity index (χ3v) is 4.39. The van der Waals surface area contributed by atoms with Crippen LogP contribution in [0.5, 0.6) is 0 Å². The van der Waals surface area contributed by atoms with Crippen LogP contribution < -0.4 is 0 Å². The fraction of sp³-hybridized carbons (Fsp3) is 0.125. The molecule has 1 heterocycles. The molecule has 3 aromatic rings. The van der Waals surface area contributed by atoms with Gasteiger partial charge in [0.2, 0.25) is 5.16 Å². The molecule has 0 fully saturated rings. The van der Waals surface area contributed by atoms with E-state index in [1.54, 1.807) is 42.5 Å². The molecule has 0 saturated heterocycles. The van der Waals surface area contributed by atoms with E-state index in [0.717, 1.165) is 5.56 Å². The number of halogens is 2. The normalized spacial score (nSPS) is 12.3. The molecule has 4 nitrogen and oxygen atoms in total. The molecule has 0 bridgehead atoms. The van der Waals surface area contributed by atoms with Gasteiger partial charge in [-0.1, -0.05) is 47.6 Å². The van der Waals surface area contributed by atoms with Crippen molar-refractivity contribution in [1.82, 2.24) is 15.2 Å². The number of rotatable bonds is 5. The van der Waals surface area contributed by atoms with Gasteiger partial charge in [0, 0.05) is 10.8 Å². The first-order valence-electron chi connectivity index (χ1n) is 6.87. The second-order valence-electron chi connectivity index (χ2n) is 4.82. The van der Waals surface area contributed by atoms with Gasteiger partial charge in [-0.3, -0.25) is 5.10 Å². The number of aromatic amines is 1. The van der Waals surface area contributed by atoms with Crippen LogP contribution in [0.2, 0.25) is 5.02 Å². The van der Waals surface area contributed by atoms with Gasteiger partial charge in [0.1, 0.15) is 5.82 Å². The molecule has 118 valence electrons. The first kappa shape index (κ1) is 16.0. The lowest BCUT2D eigenvalue weighted by Gasteiger charge is -2.09. The van der Waals surface area contributed by atoms with Crippen LogP contribution >= 0.6 is 23.4 Å². The largest absolute Gasteiger partial charge is 0.388 e. The summed E-state index contributed by atoms with van der Waals surface area (Å²) in [4.78, 5) is 4.25. The van der Waals surface area contributed by atoms with E-state index in [0.29, 0.717) is 27.3 Å². The van der Waals surface area contributed by atoms with Gasteiger partial charge in [-0.25, -0.2) is 9.37 Å². The number of aromatic nitrogens is 3. The fourth-order valence-electron chi connectivity index (χ4n) is 2.02. The van der Waals surface area contributed by atoms with Crippen molar-refractivity contribution in [2.24, 2.45) is 0 Å². The van der Waals surface area contributed by atoms with Gasteiger partial charge in [0.15, 0.2) is 5.82 Å². The van der Waals surface area contributed by atoms with Gasteiger partial charge in [-0.15, -0.1) is 5.10 Å². The monoisotopic (exact) mass is 349 g/mol. The SMILES string of the molecule is OC(CSc1n[nH]c(-c2ccccc2F)n1)c1ccc(Cl)cc1. The highest BCUT2D eigenvalue weighted by Gasteiger charge is 2.13. The molecule has 1 aromatic heterocycles. The first-order valence-corrected chi connectivity index (χ1v) is 8.23. The molecule has 0 spiro atoms. The van der Waals surface area contributed by atoms with E-state index in [1.165, 1.54) is 17.8 Å². The summed E-state index contributed by atoms with van der Waals surface area (Å²) >= 11 is 7.11. The van der Waals surface area contributed by atoms with Crippen molar-refractivity contribution in [3.8, 4) is 11.4 Å². The molecule has 23 heavy (non-hydrogen) atoms. The van der Waals surface area contributed by atoms with Crippen LogP contribution in [0, 0.1) is 5.82 Å². The molecule has 0 saturated carbocycles. The summed E-state index contributed by atoms with van der Waals surface area (Å²) in [6.45, 7) is 0. The number of benzene rings is 2. The third-order valence-electron chi connectivity index (χ3n) is 3.22. The molecule has 0 aliphatic heterocycles. The fourth-order valence-corrected chi connectivity index (χ4v) is 2.91. The van der Waals surface area contributed by atoms with E-state index >= 15 is 0 Å². The number of aliphatic hydroxyl groups excluding tert-OH is 1. The summed E-state index contributed by atoms with van der Waals surface area (Å²) in [7, 11) is 0. The van der Waals surface area contributed by atoms with E-state index in [1.807, 2.05) is 0 Å². The smallest absolute Gasteiger partial charge is 0.208 e. The number of thioether (sulfide) groups is 1. The highest BCUT2D eigenvalue weighted by Crippen LogP contribution is 2.25. The van der Waals surface area contributed by atoms with Gasteiger partial charge in [-0.2, -0.15) is 0 Å². The highest BCUT2D eigenvalue weighted by molar-refractivity contribution is 7.99. The van der Waals surface area contributed by atoms with Crippen LogP contribution in [0.1, 0.15) is 11.7 Å². The summed E-state index contributed by atoms with van der Waals surface area (Å²) in [6.07, 6.45) is -0.660. The highest BCUT2D eigenvalue weighted by atomic mass is 35.5. The maximum atomic E-state index is 13.7. The van der Waals surface area contributed by atoms with Crippen LogP contribution in [-0.2, 0) is 0 Å². The van der Waals surface area contributed by atoms with Gasteiger partial charge >= 0.3 is 0 Å². The number of nitrogens with zero attached hydrogens (tertiary/aromatic N) is 2. The van der Waals surface area contributed by atoms with Crippen molar-refractivity contribution in [1.29, 1.82) is 0 Å². The van der Waals surface area contributed by atoms with Crippen molar-refractivity contribution in [2.45, 2.75) is 11.3 Å². The second-order valence-corrected chi connectivity index (χ2v) is 6.25. The Morgan fingerprint density at radius 2 is 1.91 bits per heavy atom. The standard InChI is InChI=1S/C16H13ClFN3OS/c17-11-7-5-10(6-8-11)14(22)9-23-16-19-15(20-21-16)12-3-1-2-4-13(12)18/h1-8,14,22H,9H2,(H,19,20,21). The quantitative estimate of drug-likeness (QED) is 0.681. The Morgan fingerprint density at radius 1 is 1.17 bits per heavy atom. The molecular formula is C16H13ClFN3OS. The Balaban J connectivity index is 1.65. The molecule has 1 unspecified atom stereocenters. The minimum atomic E-state index is -0.660. The molecular weight excluding hydrogens is 337 g/mol. The molecule has 1 atom stereocenters. The lowest BCUT2D eigenvalue weighted by atomic mass is 10.1. The van der Waals surface area contributed by atoms with E-state index in [9.17, 15) is 9.50 Å². The van der Waals surface area contributed by atoms with Crippen LogP contribution in [0.3, 0.4) is 0 Å². The van der Waals surface area contributed by atoms with E-state index in [-0.39, 0.29) is 5.82 Å². The zero-order chi connectivity index (χ0) is 16.2. The number of hydrogen-bond acceptors (Lipinski definition) is 4. The third kappa shape index (κ3) is 3.90. The molecule has 0 aliphatic rings. The first-order chi connectivity index (χ1) is 11.1. The van der Waals surface area contributed by atoms with E-state index in [4.69, 9.17) is 11.6 Å². The summed E-state index contributed by atoms with van der Waals surface area (Å²) in [5.41, 5.74) is 1.14. The molecule has 0 radical (unpaired) electrons. The Labute approximate surface area is 141 Å². The zero-order valence-electron chi connectivity index (χ0n) is 11.9. The number of nitrogens with one attached hydrogen (secondary N) is 1. The Morgan fingerprint density at radius 3 is 2.65 bits per heavy atom. The van der Waals surface area contributed by atoms with Crippen LogP contribution in [-0.4, -0.2) is 26.0 Å². The minimum absolute atomic E-state index is 0.360. The summed E-state index contributed by atoms with van der Waals surface area (Å²) in [5.74, 6) is 0.393. The molecule has 3 rings (SSSR count). The molecule has 0 amide bonds. The topological polar surface area (TPSA) is 61.8 Å². The summed E-state index contributed by atoms with van der Waals surface area (Å²) < 4.78 is 13.7. The van der Waals surface area contributed by atoms with E-state index < -0.39 is 6.10 Å². The average Bonchev–Trinajstić information content (AvgIpc) is 3.02. The number of hydrogen-bond donors (Lipinski definition) is 2. The van der Waals surface area contributed by atoms with Crippen molar-refractivity contribution in [3.05, 3.63) is 64.9 Å². The van der Waals surface area contributed by atoms with Gasteiger partial charge in [-0.05, 0) is 29.8 Å². The second kappa shape index (κ2) is 7.12. The van der Waals surface area contributed by atoms with Crippen LogP contribution in [0.25, 0.3) is 11.4 Å². The van der Waals surface area contributed by atoms with Crippen LogP contribution in [0.4, 0.5) is 4.39 Å². The number of H-pyrrole nitrogens is 1. The Kier molecular flexibility index (Phi) is 4.95. The van der Waals surface area contributed by atoms with Gasteiger partial charge in [0.25, 0.3) is 0 Å². The lowest BCUT2D eigenvalue weighted by Crippen LogP contribution is -2.00.